The molecule has 0 aliphatic heterocycles. The lowest BCUT2D eigenvalue weighted by Crippen LogP contribution is -2.24. The van der Waals surface area contributed by atoms with Gasteiger partial charge in [0.25, 0.3) is 0 Å². The number of benzene rings is 5. The molecular weight excluding hydrogens is 360 g/mol. The molecule has 0 amide bonds. The Hall–Kier alpha value is -3.38. The van der Waals surface area contributed by atoms with E-state index in [4.69, 9.17) is 0 Å². The Morgan fingerprint density at radius 2 is 1.53 bits per heavy atom. The van der Waals surface area contributed by atoms with Crippen LogP contribution in [0.2, 0.25) is 0 Å². The minimum absolute atomic E-state index is 0.0359. The molecule has 7 rings (SSSR count). The fourth-order valence-corrected chi connectivity index (χ4v) is 5.90. The average molecular weight is 383 g/mol. The van der Waals surface area contributed by atoms with Gasteiger partial charge in [0.1, 0.15) is 0 Å². The molecule has 0 heterocycles. The molecule has 0 nitrogen and oxygen atoms in total. The van der Waals surface area contributed by atoms with Crippen molar-refractivity contribution in [2.75, 3.05) is 0 Å². The molecule has 0 heteroatoms. The number of rotatable bonds is 0. The van der Waals surface area contributed by atoms with Gasteiger partial charge in [-0.15, -0.1) is 0 Å². The van der Waals surface area contributed by atoms with Crippen molar-refractivity contribution in [1.29, 1.82) is 0 Å². The predicted octanol–water partition coefficient (Wildman–Crippen LogP) is 8.02. The van der Waals surface area contributed by atoms with Crippen LogP contribution in [0.3, 0.4) is 0 Å². The van der Waals surface area contributed by atoms with Gasteiger partial charge in [-0.1, -0.05) is 86.7 Å². The lowest BCUT2D eigenvalue weighted by atomic mass is 9.67. The second-order valence-corrected chi connectivity index (χ2v) is 9.36. The van der Waals surface area contributed by atoms with Crippen molar-refractivity contribution >= 4 is 38.4 Å². The third-order valence-corrected chi connectivity index (χ3v) is 7.43. The summed E-state index contributed by atoms with van der Waals surface area (Å²) in [6.45, 7) is 4.79. The Labute approximate surface area is 176 Å². The largest absolute Gasteiger partial charge is 0.0795 e. The molecule has 0 aromatic heterocycles. The molecule has 0 bridgehead atoms. The molecular formula is C30H22. The van der Waals surface area contributed by atoms with Crippen LogP contribution in [0.25, 0.3) is 49.5 Å². The molecule has 0 atom stereocenters. The third-order valence-electron chi connectivity index (χ3n) is 7.43. The molecule has 0 fully saturated rings. The van der Waals surface area contributed by atoms with Crippen molar-refractivity contribution in [2.24, 2.45) is 0 Å². The van der Waals surface area contributed by atoms with Gasteiger partial charge in [-0.05, 0) is 84.3 Å². The second-order valence-electron chi connectivity index (χ2n) is 9.36. The minimum atomic E-state index is -0.0359. The van der Waals surface area contributed by atoms with Crippen LogP contribution in [0.15, 0.2) is 78.9 Å². The fraction of sp³-hybridized carbons (Fsp3) is 0.133. The van der Waals surface area contributed by atoms with Crippen LogP contribution in [-0.2, 0) is 11.8 Å². The van der Waals surface area contributed by atoms with E-state index in [-0.39, 0.29) is 5.41 Å². The third kappa shape index (κ3) is 1.92. The highest BCUT2D eigenvalue weighted by Crippen LogP contribution is 2.51. The van der Waals surface area contributed by atoms with Crippen LogP contribution in [0, 0.1) is 0 Å². The van der Waals surface area contributed by atoms with Gasteiger partial charge in [-0.2, -0.15) is 0 Å². The highest BCUT2D eigenvalue weighted by Gasteiger charge is 2.34. The lowest BCUT2D eigenvalue weighted by molar-refractivity contribution is 0.646. The molecule has 0 unspecified atom stereocenters. The van der Waals surface area contributed by atoms with Crippen molar-refractivity contribution in [3.8, 4) is 11.1 Å². The Morgan fingerprint density at radius 1 is 0.667 bits per heavy atom. The van der Waals surface area contributed by atoms with Crippen LogP contribution in [0.4, 0.5) is 0 Å². The monoisotopic (exact) mass is 382 g/mol. The standard InChI is InChI=1S/C30H22/c1-30(2)26-15-13-20-8-5-7-19-12-14-23(29(26)28(19)20)25-16-21-11-10-18-6-3-4-9-22(18)24(21)17-27(25)30/h3-6,8-17H,7H2,1-2H3. The maximum absolute atomic E-state index is 2.47. The lowest BCUT2D eigenvalue weighted by Gasteiger charge is -2.36. The maximum atomic E-state index is 2.47. The van der Waals surface area contributed by atoms with Crippen molar-refractivity contribution in [3.05, 3.63) is 101 Å². The van der Waals surface area contributed by atoms with Gasteiger partial charge in [0.15, 0.2) is 0 Å². The number of fused-ring (bicyclic) bond motifs is 5. The van der Waals surface area contributed by atoms with E-state index in [1.165, 1.54) is 65.7 Å². The Bertz CT molecular complexity index is 1580. The smallest absolute Gasteiger partial charge is 0.0159 e. The summed E-state index contributed by atoms with van der Waals surface area (Å²) in [5.41, 5.74) is 8.47. The van der Waals surface area contributed by atoms with Crippen LogP contribution in [0.1, 0.15) is 36.1 Å². The minimum Gasteiger partial charge on any atom is -0.0795 e. The van der Waals surface area contributed by atoms with Crippen molar-refractivity contribution in [1.82, 2.24) is 0 Å². The summed E-state index contributed by atoms with van der Waals surface area (Å²) in [5.74, 6) is 0. The Kier molecular flexibility index (Phi) is 2.96. The van der Waals surface area contributed by atoms with Gasteiger partial charge < -0.3 is 0 Å². The molecule has 0 spiro atoms. The SMILES string of the molecule is CC1(C)c2cc3c(ccc4ccccc43)cc2-c2ccc3c4c(ccc1c24)C=CC3. The Balaban J connectivity index is 1.67. The molecule has 30 heavy (non-hydrogen) atoms. The van der Waals surface area contributed by atoms with Crippen LogP contribution in [-0.4, -0.2) is 0 Å². The van der Waals surface area contributed by atoms with Crippen LogP contribution < -0.4 is 0 Å². The first kappa shape index (κ1) is 16.4. The summed E-state index contributed by atoms with van der Waals surface area (Å²) in [5, 5.41) is 8.26. The van der Waals surface area contributed by atoms with Crippen molar-refractivity contribution in [2.45, 2.75) is 25.7 Å². The first-order valence-corrected chi connectivity index (χ1v) is 10.8. The average Bonchev–Trinajstić information content (AvgIpc) is 2.78. The number of allylic oxidation sites excluding steroid dienone is 1. The zero-order chi connectivity index (χ0) is 20.0. The van der Waals surface area contributed by atoms with E-state index in [1.54, 1.807) is 0 Å². The zero-order valence-corrected chi connectivity index (χ0v) is 17.3. The summed E-state index contributed by atoms with van der Waals surface area (Å²) in [7, 11) is 0. The van der Waals surface area contributed by atoms with E-state index in [0.29, 0.717) is 0 Å². The van der Waals surface area contributed by atoms with E-state index in [1.807, 2.05) is 0 Å². The van der Waals surface area contributed by atoms with Crippen LogP contribution >= 0.6 is 0 Å². The molecule has 0 radical (unpaired) electrons. The van der Waals surface area contributed by atoms with E-state index in [9.17, 15) is 0 Å². The van der Waals surface area contributed by atoms with Gasteiger partial charge in [-0.3, -0.25) is 0 Å². The molecule has 5 aromatic carbocycles. The quantitative estimate of drug-likeness (QED) is 0.238. The molecule has 2 aliphatic carbocycles. The van der Waals surface area contributed by atoms with Crippen molar-refractivity contribution < 1.29 is 0 Å². The fourth-order valence-electron chi connectivity index (χ4n) is 5.90. The van der Waals surface area contributed by atoms with Gasteiger partial charge in [-0.25, -0.2) is 0 Å². The topological polar surface area (TPSA) is 0 Å². The van der Waals surface area contributed by atoms with E-state index < -0.39 is 0 Å². The van der Waals surface area contributed by atoms with Gasteiger partial charge >= 0.3 is 0 Å². The molecule has 5 aromatic rings. The maximum Gasteiger partial charge on any atom is 0.0159 e. The van der Waals surface area contributed by atoms with E-state index in [0.717, 1.165) is 6.42 Å². The number of hydrogen-bond acceptors (Lipinski definition) is 0. The molecule has 142 valence electrons. The van der Waals surface area contributed by atoms with E-state index in [2.05, 4.69) is 98.8 Å². The Morgan fingerprint density at radius 3 is 2.47 bits per heavy atom. The molecule has 0 N–H and O–H groups in total. The summed E-state index contributed by atoms with van der Waals surface area (Å²) in [4.78, 5) is 0. The first-order valence-electron chi connectivity index (χ1n) is 10.8. The number of hydrogen-bond donors (Lipinski definition) is 0. The summed E-state index contributed by atoms with van der Waals surface area (Å²) in [6.07, 6.45) is 5.62. The van der Waals surface area contributed by atoms with Crippen LogP contribution in [0.5, 0.6) is 0 Å². The summed E-state index contributed by atoms with van der Waals surface area (Å²) < 4.78 is 0. The molecule has 0 saturated carbocycles. The first-order chi connectivity index (χ1) is 14.6. The van der Waals surface area contributed by atoms with Crippen molar-refractivity contribution in [3.63, 3.8) is 0 Å². The highest BCUT2D eigenvalue weighted by molar-refractivity contribution is 6.13. The highest BCUT2D eigenvalue weighted by atomic mass is 14.4. The molecule has 0 saturated heterocycles. The second kappa shape index (κ2) is 5.40. The van der Waals surface area contributed by atoms with E-state index >= 15 is 0 Å². The summed E-state index contributed by atoms with van der Waals surface area (Å²) >= 11 is 0. The zero-order valence-electron chi connectivity index (χ0n) is 17.3. The van der Waals surface area contributed by atoms with Gasteiger partial charge in [0.2, 0.25) is 0 Å². The van der Waals surface area contributed by atoms with Gasteiger partial charge in [0.05, 0.1) is 0 Å². The predicted molar refractivity (Wildman–Crippen MR) is 129 cm³/mol. The normalized spacial score (nSPS) is 15.7. The molecule has 2 aliphatic rings. The summed E-state index contributed by atoms with van der Waals surface area (Å²) in [6, 6.07) is 27.6. The van der Waals surface area contributed by atoms with Gasteiger partial charge in [0, 0.05) is 5.41 Å².